The van der Waals surface area contributed by atoms with E-state index in [2.05, 4.69) is 34.2 Å². The van der Waals surface area contributed by atoms with Crippen LogP contribution >= 0.6 is 0 Å². The second-order valence-corrected chi connectivity index (χ2v) is 7.18. The van der Waals surface area contributed by atoms with E-state index in [1.807, 2.05) is 42.2 Å². The number of nitrogens with zero attached hydrogens (tertiary/aromatic N) is 4. The molecule has 1 atom stereocenters. The fourth-order valence-corrected chi connectivity index (χ4v) is 3.31. The smallest absolute Gasteiger partial charge is 0.321 e. The summed E-state index contributed by atoms with van der Waals surface area (Å²) in [5, 5.41) is 6.92. The molecule has 2 amide bonds. The molecular weight excluding hydrogens is 330 g/mol. The Morgan fingerprint density at radius 1 is 1.31 bits per heavy atom. The van der Waals surface area contributed by atoms with Crippen molar-refractivity contribution in [3.63, 3.8) is 0 Å². The Balaban J connectivity index is 1.77. The van der Waals surface area contributed by atoms with Gasteiger partial charge in [-0.3, -0.25) is 4.90 Å². The summed E-state index contributed by atoms with van der Waals surface area (Å²) in [7, 11) is 0. The minimum atomic E-state index is -0.0937. The highest BCUT2D eigenvalue weighted by molar-refractivity contribution is 5.89. The maximum atomic E-state index is 12.8. The van der Waals surface area contributed by atoms with Gasteiger partial charge in [-0.1, -0.05) is 37.2 Å². The van der Waals surface area contributed by atoms with Gasteiger partial charge in [0.1, 0.15) is 6.04 Å². The van der Waals surface area contributed by atoms with Crippen LogP contribution in [-0.4, -0.2) is 52.2 Å². The second-order valence-electron chi connectivity index (χ2n) is 7.18. The predicted octanol–water partition coefficient (Wildman–Crippen LogP) is 3.31. The molecule has 0 aliphatic carbocycles. The number of carbonyl (C=O) groups excluding carboxylic acids is 1. The second kappa shape index (κ2) is 8.31. The molecule has 1 aliphatic heterocycles. The zero-order valence-electron chi connectivity index (χ0n) is 15.7. The van der Waals surface area contributed by atoms with Crippen molar-refractivity contribution in [2.24, 2.45) is 5.92 Å². The van der Waals surface area contributed by atoms with E-state index in [9.17, 15) is 4.79 Å². The normalized spacial score (nSPS) is 18.8. The minimum Gasteiger partial charge on any atom is -0.338 e. The summed E-state index contributed by atoms with van der Waals surface area (Å²) in [6.45, 7) is 9.28. The highest BCUT2D eigenvalue weighted by atomic mass is 16.5. The van der Waals surface area contributed by atoms with Crippen molar-refractivity contribution in [1.82, 2.24) is 19.9 Å². The number of urea groups is 1. The van der Waals surface area contributed by atoms with Crippen LogP contribution < -0.4 is 5.32 Å². The number of hydrogen-bond acceptors (Lipinski definition) is 5. The number of amides is 2. The Labute approximate surface area is 154 Å². The third kappa shape index (κ3) is 4.60. The van der Waals surface area contributed by atoms with Crippen molar-refractivity contribution in [2.45, 2.75) is 33.2 Å². The van der Waals surface area contributed by atoms with Gasteiger partial charge in [0.05, 0.1) is 0 Å². The van der Waals surface area contributed by atoms with Gasteiger partial charge in [0.2, 0.25) is 5.89 Å². The van der Waals surface area contributed by atoms with Crippen LogP contribution in [0.25, 0.3) is 0 Å². The summed E-state index contributed by atoms with van der Waals surface area (Å²) in [5.41, 5.74) is 0.797. The number of anilines is 1. The summed E-state index contributed by atoms with van der Waals surface area (Å²) >= 11 is 0. The summed E-state index contributed by atoms with van der Waals surface area (Å²) in [6, 6.07) is 9.35. The van der Waals surface area contributed by atoms with Crippen LogP contribution in [0.4, 0.5) is 10.5 Å². The molecule has 1 unspecified atom stereocenters. The Morgan fingerprint density at radius 3 is 2.73 bits per heavy atom. The third-order valence-electron chi connectivity index (χ3n) is 4.45. The van der Waals surface area contributed by atoms with Crippen LogP contribution in [0.5, 0.6) is 0 Å². The lowest BCUT2D eigenvalue weighted by Gasteiger charge is -2.30. The average molecular weight is 357 g/mol. The fourth-order valence-electron chi connectivity index (χ4n) is 3.31. The zero-order valence-corrected chi connectivity index (χ0v) is 15.7. The Bertz CT molecular complexity index is 716. The van der Waals surface area contributed by atoms with Crippen LogP contribution in [0, 0.1) is 12.8 Å². The van der Waals surface area contributed by atoms with E-state index in [0.717, 1.165) is 25.2 Å². The van der Waals surface area contributed by atoms with E-state index in [1.165, 1.54) is 0 Å². The number of hydrogen-bond donors (Lipinski definition) is 1. The lowest BCUT2D eigenvalue weighted by atomic mass is 10.1. The van der Waals surface area contributed by atoms with Crippen molar-refractivity contribution >= 4 is 11.7 Å². The van der Waals surface area contributed by atoms with Crippen molar-refractivity contribution in [1.29, 1.82) is 0 Å². The van der Waals surface area contributed by atoms with E-state index < -0.39 is 0 Å². The number of aromatic nitrogens is 2. The van der Waals surface area contributed by atoms with Gasteiger partial charge >= 0.3 is 6.03 Å². The van der Waals surface area contributed by atoms with Crippen LogP contribution in [0.15, 0.2) is 34.9 Å². The quantitative estimate of drug-likeness (QED) is 0.908. The predicted molar refractivity (Wildman–Crippen MR) is 99.8 cm³/mol. The Hall–Kier alpha value is -2.41. The number of rotatable bonds is 4. The van der Waals surface area contributed by atoms with E-state index in [1.54, 1.807) is 0 Å². The van der Waals surface area contributed by atoms with E-state index in [-0.39, 0.29) is 12.1 Å². The van der Waals surface area contributed by atoms with Crippen LogP contribution in [0.2, 0.25) is 0 Å². The van der Waals surface area contributed by atoms with Crippen LogP contribution in [0.1, 0.15) is 38.0 Å². The van der Waals surface area contributed by atoms with Gasteiger partial charge in [0.25, 0.3) is 0 Å². The summed E-state index contributed by atoms with van der Waals surface area (Å²) in [4.78, 5) is 21.4. The molecule has 1 aliphatic rings. The molecule has 3 rings (SSSR count). The number of aryl methyl sites for hydroxylation is 1. The Morgan fingerprint density at radius 2 is 2.08 bits per heavy atom. The monoisotopic (exact) mass is 357 g/mol. The van der Waals surface area contributed by atoms with Gasteiger partial charge in [-0.05, 0) is 31.4 Å². The summed E-state index contributed by atoms with van der Waals surface area (Å²) in [6.07, 6.45) is 0.915. The molecule has 26 heavy (non-hydrogen) atoms. The van der Waals surface area contributed by atoms with Crippen molar-refractivity contribution in [3.8, 4) is 0 Å². The number of carbonyl (C=O) groups is 1. The number of benzene rings is 1. The van der Waals surface area contributed by atoms with Crippen molar-refractivity contribution < 1.29 is 9.32 Å². The average Bonchev–Trinajstić information content (AvgIpc) is 2.92. The molecule has 1 saturated heterocycles. The molecule has 0 saturated carbocycles. The van der Waals surface area contributed by atoms with Crippen molar-refractivity contribution in [3.05, 3.63) is 42.0 Å². The van der Waals surface area contributed by atoms with Crippen LogP contribution in [0.3, 0.4) is 0 Å². The lowest BCUT2D eigenvalue weighted by Crippen LogP contribution is -2.40. The van der Waals surface area contributed by atoms with Gasteiger partial charge in [-0.25, -0.2) is 4.79 Å². The molecule has 1 aromatic carbocycles. The van der Waals surface area contributed by atoms with E-state index >= 15 is 0 Å². The topological polar surface area (TPSA) is 74.5 Å². The Kier molecular flexibility index (Phi) is 5.88. The van der Waals surface area contributed by atoms with Gasteiger partial charge in [0.15, 0.2) is 5.82 Å². The third-order valence-corrected chi connectivity index (χ3v) is 4.45. The molecule has 2 aromatic rings. The number of nitrogens with one attached hydrogen (secondary N) is 1. The fraction of sp³-hybridized carbons (Fsp3) is 0.526. The molecule has 1 N–H and O–H groups in total. The molecule has 1 aromatic heterocycles. The SMILES string of the molecule is Cc1noc(C2CN(C(=O)Nc3ccccc3)CCCN2CC(C)C)n1. The molecule has 2 heterocycles. The molecule has 0 spiro atoms. The lowest BCUT2D eigenvalue weighted by molar-refractivity contribution is 0.138. The van der Waals surface area contributed by atoms with Gasteiger partial charge < -0.3 is 14.7 Å². The molecule has 0 radical (unpaired) electrons. The van der Waals surface area contributed by atoms with Gasteiger partial charge in [-0.15, -0.1) is 0 Å². The minimum absolute atomic E-state index is 0.0809. The molecule has 1 fully saturated rings. The van der Waals surface area contributed by atoms with Gasteiger partial charge in [-0.2, -0.15) is 4.98 Å². The number of para-hydroxylation sites is 1. The molecule has 0 bridgehead atoms. The first kappa shape index (κ1) is 18.4. The maximum Gasteiger partial charge on any atom is 0.321 e. The molecule has 140 valence electrons. The van der Waals surface area contributed by atoms with Crippen molar-refractivity contribution in [2.75, 3.05) is 31.5 Å². The maximum absolute atomic E-state index is 12.8. The molecule has 7 heteroatoms. The summed E-state index contributed by atoms with van der Waals surface area (Å²) in [5.74, 6) is 1.72. The van der Waals surface area contributed by atoms with Gasteiger partial charge in [0, 0.05) is 31.9 Å². The van der Waals surface area contributed by atoms with E-state index in [0.29, 0.717) is 30.7 Å². The standard InChI is InChI=1S/C19H27N5O2/c1-14(2)12-23-10-7-11-24(13-17(23)18-20-15(3)22-26-18)19(25)21-16-8-5-4-6-9-16/h4-6,8-9,14,17H,7,10-13H2,1-3H3,(H,21,25). The molecule has 7 nitrogen and oxygen atoms in total. The molecular formula is C19H27N5O2. The first-order valence-corrected chi connectivity index (χ1v) is 9.18. The highest BCUT2D eigenvalue weighted by Gasteiger charge is 2.32. The van der Waals surface area contributed by atoms with Crippen LogP contribution in [-0.2, 0) is 0 Å². The summed E-state index contributed by atoms with van der Waals surface area (Å²) < 4.78 is 5.46. The largest absolute Gasteiger partial charge is 0.338 e. The highest BCUT2D eigenvalue weighted by Crippen LogP contribution is 2.25. The van der Waals surface area contributed by atoms with E-state index in [4.69, 9.17) is 4.52 Å². The first-order chi connectivity index (χ1) is 12.5. The zero-order chi connectivity index (χ0) is 18.5. The first-order valence-electron chi connectivity index (χ1n) is 9.18.